The van der Waals surface area contributed by atoms with Crippen molar-refractivity contribution in [3.8, 4) is 0 Å². The number of carbonyl (C=O) groups is 2. The van der Waals surface area contributed by atoms with Crippen molar-refractivity contribution in [2.24, 2.45) is 0 Å². The van der Waals surface area contributed by atoms with Crippen molar-refractivity contribution in [2.45, 2.75) is 38.2 Å². The van der Waals surface area contributed by atoms with Gasteiger partial charge in [0.2, 0.25) is 11.8 Å². The van der Waals surface area contributed by atoms with Crippen molar-refractivity contribution in [1.82, 2.24) is 4.90 Å². The zero-order valence-electron chi connectivity index (χ0n) is 13.0. The normalized spacial score (nSPS) is 21.3. The first kappa shape index (κ1) is 15.9. The lowest BCUT2D eigenvalue weighted by Crippen LogP contribution is -2.44. The highest BCUT2D eigenvalue weighted by atomic mass is 19.1. The predicted molar refractivity (Wildman–Crippen MR) is 83.5 cm³/mol. The van der Waals surface area contributed by atoms with Gasteiger partial charge in [0.1, 0.15) is 5.82 Å². The number of aliphatic hydroxyl groups is 1. The number of likely N-dealkylation sites (tertiary alicyclic amines) is 1. The highest BCUT2D eigenvalue weighted by Crippen LogP contribution is 2.28. The molecule has 1 N–H and O–H groups in total. The van der Waals surface area contributed by atoms with Crippen LogP contribution in [-0.4, -0.2) is 47.6 Å². The molecule has 2 aliphatic heterocycles. The van der Waals surface area contributed by atoms with Gasteiger partial charge in [0.15, 0.2) is 0 Å². The Morgan fingerprint density at radius 3 is 2.96 bits per heavy atom. The van der Waals surface area contributed by atoms with Crippen molar-refractivity contribution >= 4 is 17.5 Å². The molecule has 0 aliphatic carbocycles. The summed E-state index contributed by atoms with van der Waals surface area (Å²) >= 11 is 0. The number of halogens is 1. The van der Waals surface area contributed by atoms with Gasteiger partial charge in [0.05, 0.1) is 6.10 Å². The highest BCUT2D eigenvalue weighted by molar-refractivity contribution is 5.97. The Kier molecular flexibility index (Phi) is 4.61. The molecule has 1 atom stereocenters. The maximum Gasteiger partial charge on any atom is 0.227 e. The standard InChI is InChI=1S/C17H21FN2O3/c18-13-4-5-15-12(10-13)3-6-17(23)20(15)9-7-16(22)19-8-1-2-14(21)11-19/h4-5,10,14,21H,1-3,6-9,11H2. The maximum absolute atomic E-state index is 13.3. The first-order chi connectivity index (χ1) is 11.0. The van der Waals surface area contributed by atoms with Crippen LogP contribution in [-0.2, 0) is 16.0 Å². The van der Waals surface area contributed by atoms with Gasteiger partial charge in [-0.2, -0.15) is 0 Å². The van der Waals surface area contributed by atoms with E-state index in [0.29, 0.717) is 38.2 Å². The Balaban J connectivity index is 1.66. The van der Waals surface area contributed by atoms with Crippen LogP contribution in [0.15, 0.2) is 18.2 Å². The molecule has 124 valence electrons. The van der Waals surface area contributed by atoms with Crippen LogP contribution in [0, 0.1) is 5.82 Å². The maximum atomic E-state index is 13.3. The fraction of sp³-hybridized carbons (Fsp3) is 0.529. The van der Waals surface area contributed by atoms with Crippen molar-refractivity contribution in [3.63, 3.8) is 0 Å². The second-order valence-corrected chi connectivity index (χ2v) is 6.20. The number of aryl methyl sites for hydroxylation is 1. The summed E-state index contributed by atoms with van der Waals surface area (Å²) in [5, 5.41) is 9.65. The van der Waals surface area contributed by atoms with Crippen LogP contribution in [0.3, 0.4) is 0 Å². The smallest absolute Gasteiger partial charge is 0.227 e. The molecule has 23 heavy (non-hydrogen) atoms. The summed E-state index contributed by atoms with van der Waals surface area (Å²) in [7, 11) is 0. The number of carbonyl (C=O) groups excluding carboxylic acids is 2. The van der Waals surface area contributed by atoms with E-state index in [9.17, 15) is 19.1 Å². The molecule has 1 saturated heterocycles. The molecule has 1 fully saturated rings. The van der Waals surface area contributed by atoms with Crippen LogP contribution in [0.4, 0.5) is 10.1 Å². The number of nitrogens with zero attached hydrogens (tertiary/aromatic N) is 2. The van der Waals surface area contributed by atoms with Gasteiger partial charge < -0.3 is 14.9 Å². The molecule has 6 heteroatoms. The summed E-state index contributed by atoms with van der Waals surface area (Å²) in [6.45, 7) is 1.32. The average molecular weight is 320 g/mol. The first-order valence-corrected chi connectivity index (χ1v) is 8.09. The second-order valence-electron chi connectivity index (χ2n) is 6.20. The van der Waals surface area contributed by atoms with E-state index in [1.807, 2.05) is 0 Å². The molecule has 1 unspecified atom stereocenters. The third-order valence-corrected chi connectivity index (χ3v) is 4.54. The van der Waals surface area contributed by atoms with Crippen LogP contribution in [0.5, 0.6) is 0 Å². The van der Waals surface area contributed by atoms with E-state index in [0.717, 1.165) is 18.4 Å². The van der Waals surface area contributed by atoms with Crippen LogP contribution < -0.4 is 4.90 Å². The molecule has 0 saturated carbocycles. The number of piperidine rings is 1. The fourth-order valence-electron chi connectivity index (χ4n) is 3.32. The molecule has 2 heterocycles. The van der Waals surface area contributed by atoms with Gasteiger partial charge >= 0.3 is 0 Å². The summed E-state index contributed by atoms with van der Waals surface area (Å²) in [5.74, 6) is -0.391. The molecular weight excluding hydrogens is 299 g/mol. The Bertz CT molecular complexity index is 620. The number of hydrogen-bond acceptors (Lipinski definition) is 3. The summed E-state index contributed by atoms with van der Waals surface area (Å²) in [4.78, 5) is 27.7. The number of fused-ring (bicyclic) bond motifs is 1. The van der Waals surface area contributed by atoms with E-state index >= 15 is 0 Å². The first-order valence-electron chi connectivity index (χ1n) is 8.09. The molecule has 0 aromatic heterocycles. The largest absolute Gasteiger partial charge is 0.391 e. The fourth-order valence-corrected chi connectivity index (χ4v) is 3.32. The van der Waals surface area contributed by atoms with E-state index in [1.165, 1.54) is 12.1 Å². The lowest BCUT2D eigenvalue weighted by molar-refractivity contribution is -0.134. The number of rotatable bonds is 3. The molecule has 2 amide bonds. The highest BCUT2D eigenvalue weighted by Gasteiger charge is 2.27. The molecule has 1 aromatic carbocycles. The van der Waals surface area contributed by atoms with E-state index in [-0.39, 0.29) is 24.1 Å². The SMILES string of the molecule is O=C(CCN1C(=O)CCc2cc(F)ccc21)N1CCCC(O)C1. The summed E-state index contributed by atoms with van der Waals surface area (Å²) < 4.78 is 13.3. The van der Waals surface area contributed by atoms with Crippen LogP contribution in [0.1, 0.15) is 31.2 Å². The van der Waals surface area contributed by atoms with Gasteiger partial charge in [-0.15, -0.1) is 0 Å². The van der Waals surface area contributed by atoms with E-state index < -0.39 is 6.10 Å². The molecular formula is C17H21FN2O3. The zero-order valence-corrected chi connectivity index (χ0v) is 13.0. The predicted octanol–water partition coefficient (Wildman–Crippen LogP) is 1.48. The zero-order chi connectivity index (χ0) is 16.4. The minimum Gasteiger partial charge on any atom is -0.391 e. The topological polar surface area (TPSA) is 60.9 Å². The van der Waals surface area contributed by atoms with Gasteiger partial charge in [0, 0.05) is 38.2 Å². The van der Waals surface area contributed by atoms with Gasteiger partial charge in [-0.05, 0) is 43.0 Å². The summed E-state index contributed by atoms with van der Waals surface area (Å²) in [6, 6.07) is 4.40. The van der Waals surface area contributed by atoms with Gasteiger partial charge in [-0.25, -0.2) is 4.39 Å². The quantitative estimate of drug-likeness (QED) is 0.918. The number of anilines is 1. The average Bonchev–Trinajstić information content (AvgIpc) is 2.53. The Labute approximate surface area is 134 Å². The summed E-state index contributed by atoms with van der Waals surface area (Å²) in [6.07, 6.45) is 2.18. The van der Waals surface area contributed by atoms with Gasteiger partial charge in [-0.3, -0.25) is 9.59 Å². The lowest BCUT2D eigenvalue weighted by atomic mass is 10.0. The second kappa shape index (κ2) is 6.66. The van der Waals surface area contributed by atoms with Crippen molar-refractivity contribution in [1.29, 1.82) is 0 Å². The number of benzene rings is 1. The number of amides is 2. The van der Waals surface area contributed by atoms with Crippen LogP contribution in [0.25, 0.3) is 0 Å². The Morgan fingerprint density at radius 1 is 1.35 bits per heavy atom. The minimum atomic E-state index is -0.451. The van der Waals surface area contributed by atoms with E-state index in [4.69, 9.17) is 0 Å². The Morgan fingerprint density at radius 2 is 2.17 bits per heavy atom. The molecule has 0 radical (unpaired) electrons. The molecule has 2 aliphatic rings. The lowest BCUT2D eigenvalue weighted by Gasteiger charge is -2.32. The van der Waals surface area contributed by atoms with Crippen molar-refractivity contribution in [3.05, 3.63) is 29.6 Å². The van der Waals surface area contributed by atoms with Crippen LogP contribution >= 0.6 is 0 Å². The molecule has 0 spiro atoms. The van der Waals surface area contributed by atoms with Crippen molar-refractivity contribution in [2.75, 3.05) is 24.5 Å². The van der Waals surface area contributed by atoms with E-state index in [1.54, 1.807) is 15.9 Å². The Hall–Kier alpha value is -1.95. The molecule has 3 rings (SSSR count). The third-order valence-electron chi connectivity index (χ3n) is 4.54. The van der Waals surface area contributed by atoms with Crippen LogP contribution in [0.2, 0.25) is 0 Å². The number of aliphatic hydroxyl groups excluding tert-OH is 1. The van der Waals surface area contributed by atoms with E-state index in [2.05, 4.69) is 0 Å². The third kappa shape index (κ3) is 3.52. The summed E-state index contributed by atoms with van der Waals surface area (Å²) in [5.41, 5.74) is 1.51. The number of β-amino-alcohol motifs (C(OH)–C–C–N with tert-alkyl or cyclic N) is 1. The monoisotopic (exact) mass is 320 g/mol. The van der Waals surface area contributed by atoms with Gasteiger partial charge in [0.25, 0.3) is 0 Å². The molecule has 1 aromatic rings. The minimum absolute atomic E-state index is 0.0319. The molecule has 5 nitrogen and oxygen atoms in total. The number of hydrogen-bond donors (Lipinski definition) is 1. The molecule has 0 bridgehead atoms. The van der Waals surface area contributed by atoms with Crippen molar-refractivity contribution < 1.29 is 19.1 Å². The van der Waals surface area contributed by atoms with Gasteiger partial charge in [-0.1, -0.05) is 0 Å².